The molecular weight excluding hydrogens is 556 g/mol. The second kappa shape index (κ2) is 19.6. The zero-order chi connectivity index (χ0) is 29.0. The summed E-state index contributed by atoms with van der Waals surface area (Å²) in [4.78, 5) is 49.1. The van der Waals surface area contributed by atoms with Crippen molar-refractivity contribution in [1.82, 2.24) is 10.6 Å². The third-order valence-electron chi connectivity index (χ3n) is 5.21. The maximum Gasteiger partial charge on any atom is 0.408 e. The van der Waals surface area contributed by atoms with Crippen LogP contribution in [-0.2, 0) is 41.8 Å². The second-order valence-corrected chi connectivity index (χ2v) is 10.9. The van der Waals surface area contributed by atoms with Gasteiger partial charge >= 0.3 is 24.1 Å². The predicted octanol–water partition coefficient (Wildman–Crippen LogP) is 4.86. The zero-order valence-electron chi connectivity index (χ0n) is 22.7. The van der Waals surface area contributed by atoms with E-state index in [1.165, 1.54) is 21.6 Å². The Bertz CT molecular complexity index is 960. The van der Waals surface area contributed by atoms with E-state index in [0.717, 1.165) is 11.1 Å². The highest BCUT2D eigenvalue weighted by Gasteiger charge is 2.24. The van der Waals surface area contributed by atoms with Crippen LogP contribution in [0.1, 0.15) is 37.8 Å². The lowest BCUT2D eigenvalue weighted by atomic mass is 10.2. The Labute approximate surface area is 242 Å². The van der Waals surface area contributed by atoms with Crippen LogP contribution in [0, 0.1) is 0 Å². The quantitative estimate of drug-likeness (QED) is 0.114. The summed E-state index contributed by atoms with van der Waals surface area (Å²) in [6.07, 6.45) is -0.769. The third kappa shape index (κ3) is 13.6. The molecule has 12 heteroatoms. The summed E-state index contributed by atoms with van der Waals surface area (Å²) in [5.74, 6) is -0.0382. The van der Waals surface area contributed by atoms with Crippen molar-refractivity contribution in [2.24, 2.45) is 0 Å². The van der Waals surface area contributed by atoms with Crippen LogP contribution in [0.25, 0.3) is 0 Å². The molecule has 2 atom stereocenters. The fraction of sp³-hybridized carbons (Fsp3) is 0.429. The normalized spacial score (nSPS) is 11.9. The van der Waals surface area contributed by atoms with Crippen LogP contribution < -0.4 is 10.6 Å². The van der Waals surface area contributed by atoms with Crippen LogP contribution in [0.2, 0.25) is 0 Å². The molecule has 0 bridgehead atoms. The molecule has 0 aromatic heterocycles. The van der Waals surface area contributed by atoms with Gasteiger partial charge in [0.15, 0.2) is 0 Å². The Morgan fingerprint density at radius 3 is 1.35 bits per heavy atom. The number of carbonyl (C=O) groups is 4. The largest absolute Gasteiger partial charge is 0.464 e. The van der Waals surface area contributed by atoms with Crippen LogP contribution in [0.4, 0.5) is 9.59 Å². The number of carbonyl (C=O) groups excluding carboxylic acids is 4. The van der Waals surface area contributed by atoms with Crippen LogP contribution in [0.15, 0.2) is 60.7 Å². The van der Waals surface area contributed by atoms with Crippen molar-refractivity contribution in [3.63, 3.8) is 0 Å². The lowest BCUT2D eigenvalue weighted by Gasteiger charge is -2.18. The van der Waals surface area contributed by atoms with Gasteiger partial charge in [-0.1, -0.05) is 82.3 Å². The molecule has 0 fully saturated rings. The van der Waals surface area contributed by atoms with Gasteiger partial charge in [-0.15, -0.1) is 0 Å². The highest BCUT2D eigenvalue weighted by Crippen LogP contribution is 2.24. The SMILES string of the molecule is CCOC(=O)C(CCSSCC[C@H](NC(=O)OCc1ccccc1)C(=O)OCC)NC(=O)OCc1ccccc1. The Kier molecular flexibility index (Phi) is 16.1. The molecule has 0 radical (unpaired) electrons. The molecule has 10 nitrogen and oxygen atoms in total. The zero-order valence-corrected chi connectivity index (χ0v) is 24.3. The molecular formula is C28H36N2O8S2. The fourth-order valence-corrected chi connectivity index (χ4v) is 5.43. The molecule has 0 heterocycles. The molecule has 2 N–H and O–H groups in total. The van der Waals surface area contributed by atoms with E-state index < -0.39 is 36.2 Å². The monoisotopic (exact) mass is 592 g/mol. The summed E-state index contributed by atoms with van der Waals surface area (Å²) in [5.41, 5.74) is 1.66. The van der Waals surface area contributed by atoms with Crippen molar-refractivity contribution in [2.45, 2.75) is 52.0 Å². The Balaban J connectivity index is 1.74. The maximum absolute atomic E-state index is 12.3. The summed E-state index contributed by atoms with van der Waals surface area (Å²) < 4.78 is 20.6. The Morgan fingerprint density at radius 1 is 0.625 bits per heavy atom. The van der Waals surface area contributed by atoms with Crippen molar-refractivity contribution < 1.29 is 38.1 Å². The van der Waals surface area contributed by atoms with Gasteiger partial charge in [0.2, 0.25) is 0 Å². The maximum atomic E-state index is 12.3. The van der Waals surface area contributed by atoms with Gasteiger partial charge in [-0.05, 0) is 37.8 Å². The van der Waals surface area contributed by atoms with E-state index in [1.54, 1.807) is 13.8 Å². The highest BCUT2D eigenvalue weighted by molar-refractivity contribution is 8.76. The third-order valence-corrected chi connectivity index (χ3v) is 7.69. The molecule has 0 aliphatic carbocycles. The molecule has 1 unspecified atom stereocenters. The molecule has 40 heavy (non-hydrogen) atoms. The number of benzene rings is 2. The summed E-state index contributed by atoms with van der Waals surface area (Å²) in [6, 6.07) is 16.7. The van der Waals surface area contributed by atoms with Crippen LogP contribution in [0.5, 0.6) is 0 Å². The number of alkyl carbamates (subject to hydrolysis) is 2. The number of amides is 2. The summed E-state index contributed by atoms with van der Waals surface area (Å²) in [7, 11) is 2.94. The first-order valence-corrected chi connectivity index (χ1v) is 15.4. The molecule has 0 aliphatic rings. The van der Waals surface area contributed by atoms with Crippen LogP contribution in [0.3, 0.4) is 0 Å². The highest BCUT2D eigenvalue weighted by atomic mass is 33.1. The van der Waals surface area contributed by atoms with E-state index >= 15 is 0 Å². The van der Waals surface area contributed by atoms with Crippen molar-refractivity contribution in [3.8, 4) is 0 Å². The van der Waals surface area contributed by atoms with Crippen molar-refractivity contribution >= 4 is 45.7 Å². The van der Waals surface area contributed by atoms with Gasteiger partial charge in [0, 0.05) is 11.5 Å². The summed E-state index contributed by atoms with van der Waals surface area (Å²) in [6.45, 7) is 3.93. The van der Waals surface area contributed by atoms with Crippen molar-refractivity contribution in [2.75, 3.05) is 24.7 Å². The number of nitrogens with one attached hydrogen (secondary N) is 2. The Hall–Kier alpha value is -3.38. The van der Waals surface area contributed by atoms with Gasteiger partial charge in [0.1, 0.15) is 25.3 Å². The molecule has 0 saturated carbocycles. The van der Waals surface area contributed by atoms with Crippen molar-refractivity contribution in [3.05, 3.63) is 71.8 Å². The van der Waals surface area contributed by atoms with Gasteiger partial charge in [0.25, 0.3) is 0 Å². The van der Waals surface area contributed by atoms with E-state index in [0.29, 0.717) is 24.3 Å². The number of rotatable bonds is 17. The van der Waals surface area contributed by atoms with Gasteiger partial charge in [-0.2, -0.15) is 0 Å². The molecule has 0 spiro atoms. The number of hydrogen-bond acceptors (Lipinski definition) is 10. The van der Waals surface area contributed by atoms with E-state index in [2.05, 4.69) is 10.6 Å². The van der Waals surface area contributed by atoms with Gasteiger partial charge in [-0.25, -0.2) is 19.2 Å². The molecule has 0 saturated heterocycles. The van der Waals surface area contributed by atoms with E-state index in [4.69, 9.17) is 18.9 Å². The molecule has 218 valence electrons. The topological polar surface area (TPSA) is 129 Å². The van der Waals surface area contributed by atoms with E-state index in [9.17, 15) is 19.2 Å². The first-order chi connectivity index (χ1) is 19.4. The molecule has 2 aromatic rings. The fourth-order valence-electron chi connectivity index (χ4n) is 3.25. The van der Waals surface area contributed by atoms with Crippen LogP contribution in [-0.4, -0.2) is 60.9 Å². The van der Waals surface area contributed by atoms with Gasteiger partial charge < -0.3 is 29.6 Å². The Morgan fingerprint density at radius 2 is 1.00 bits per heavy atom. The minimum Gasteiger partial charge on any atom is -0.464 e. The van der Waals surface area contributed by atoms with E-state index in [-0.39, 0.29) is 26.4 Å². The van der Waals surface area contributed by atoms with Gasteiger partial charge in [0.05, 0.1) is 13.2 Å². The predicted molar refractivity (Wildman–Crippen MR) is 155 cm³/mol. The molecule has 0 aliphatic heterocycles. The van der Waals surface area contributed by atoms with Gasteiger partial charge in [-0.3, -0.25) is 0 Å². The lowest BCUT2D eigenvalue weighted by Crippen LogP contribution is -2.42. The summed E-state index contributed by atoms with van der Waals surface area (Å²) in [5, 5.41) is 5.15. The smallest absolute Gasteiger partial charge is 0.408 e. The summed E-state index contributed by atoms with van der Waals surface area (Å²) >= 11 is 0. The average Bonchev–Trinajstić information content (AvgIpc) is 2.96. The molecule has 2 rings (SSSR count). The minimum atomic E-state index is -0.857. The standard InChI is InChI=1S/C28H36N2O8S2/c1-3-35-25(31)23(29-27(33)37-19-21-11-7-5-8-12-21)15-17-39-40-18-16-24(26(32)36-4-2)30-28(34)38-20-22-13-9-6-10-14-22/h5-14,23-24H,3-4,15-20H2,1-2H3,(H,29,33)(H,30,34)/t23-,24?/m0/s1. The van der Waals surface area contributed by atoms with E-state index in [1.807, 2.05) is 60.7 Å². The van der Waals surface area contributed by atoms with Crippen molar-refractivity contribution in [1.29, 1.82) is 0 Å². The number of ether oxygens (including phenoxy) is 4. The lowest BCUT2D eigenvalue weighted by molar-refractivity contribution is -0.146. The second-order valence-electron chi connectivity index (χ2n) is 8.24. The first-order valence-electron chi connectivity index (χ1n) is 12.9. The number of hydrogen-bond donors (Lipinski definition) is 2. The minimum absolute atomic E-state index is 0.0856. The molecule has 2 amide bonds. The number of esters is 2. The first kappa shape index (κ1) is 32.8. The average molecular weight is 593 g/mol. The molecule has 2 aromatic carbocycles. The van der Waals surface area contributed by atoms with Crippen LogP contribution >= 0.6 is 21.6 Å².